The van der Waals surface area contributed by atoms with Crippen LogP contribution in [0.4, 0.5) is 14.5 Å². The van der Waals surface area contributed by atoms with Crippen LogP contribution >= 0.6 is 0 Å². The lowest BCUT2D eigenvalue weighted by Gasteiger charge is -2.08. The minimum atomic E-state index is -0.901. The van der Waals surface area contributed by atoms with Gasteiger partial charge in [0.15, 0.2) is 5.69 Å². The van der Waals surface area contributed by atoms with Crippen LogP contribution in [0.3, 0.4) is 0 Å². The van der Waals surface area contributed by atoms with Crippen molar-refractivity contribution in [2.45, 2.75) is 6.92 Å². The van der Waals surface area contributed by atoms with Crippen molar-refractivity contribution < 1.29 is 18.3 Å². The van der Waals surface area contributed by atoms with Crippen molar-refractivity contribution in [2.75, 3.05) is 6.61 Å². The van der Waals surface area contributed by atoms with E-state index in [1.54, 1.807) is 31.2 Å². The van der Waals surface area contributed by atoms with Gasteiger partial charge in [-0.05, 0) is 24.6 Å². The summed E-state index contributed by atoms with van der Waals surface area (Å²) in [6.07, 6.45) is 1.18. The standard InChI is InChI=1S/C22H14F2N4O3/c1-3-31-21(30)16-11-26-22-27-18(12-4-7-14(25-2)8-5-12)19(28(22)20(16)29)15-9-6-13(23)10-17(15)24/h4-11H,3H2,1H3,(H,26,27). The summed E-state index contributed by atoms with van der Waals surface area (Å²) in [5.74, 6) is -2.46. The van der Waals surface area contributed by atoms with E-state index in [1.807, 2.05) is 0 Å². The third-order valence-electron chi connectivity index (χ3n) is 4.61. The molecule has 0 amide bonds. The van der Waals surface area contributed by atoms with Gasteiger partial charge in [0, 0.05) is 17.8 Å². The number of carbonyl (C=O) groups excluding carboxylic acids is 1. The zero-order valence-corrected chi connectivity index (χ0v) is 16.1. The Labute approximate surface area is 174 Å². The van der Waals surface area contributed by atoms with E-state index in [4.69, 9.17) is 11.3 Å². The van der Waals surface area contributed by atoms with Gasteiger partial charge in [0.2, 0.25) is 5.78 Å². The molecule has 0 atom stereocenters. The lowest BCUT2D eigenvalue weighted by Crippen LogP contribution is -2.24. The normalized spacial score (nSPS) is 10.8. The average Bonchev–Trinajstić information content (AvgIpc) is 3.14. The highest BCUT2D eigenvalue weighted by atomic mass is 19.1. The summed E-state index contributed by atoms with van der Waals surface area (Å²) in [6.45, 7) is 8.76. The quantitative estimate of drug-likeness (QED) is 0.393. The summed E-state index contributed by atoms with van der Waals surface area (Å²) in [4.78, 5) is 35.8. The molecule has 0 fully saturated rings. The van der Waals surface area contributed by atoms with E-state index < -0.39 is 23.2 Å². The highest BCUT2D eigenvalue weighted by Crippen LogP contribution is 2.34. The lowest BCUT2D eigenvalue weighted by atomic mass is 10.0. The Morgan fingerprint density at radius 3 is 2.61 bits per heavy atom. The molecular formula is C22H14F2N4O3. The maximum Gasteiger partial charge on any atom is 0.345 e. The number of nitrogens with one attached hydrogen (secondary N) is 1. The molecule has 0 unspecified atom stereocenters. The van der Waals surface area contributed by atoms with Crippen LogP contribution in [-0.2, 0) is 4.74 Å². The molecule has 0 saturated heterocycles. The molecule has 7 nitrogen and oxygen atoms in total. The number of rotatable bonds is 4. The Morgan fingerprint density at radius 1 is 1.23 bits per heavy atom. The number of aromatic nitrogens is 3. The maximum absolute atomic E-state index is 14.7. The van der Waals surface area contributed by atoms with Crippen LogP contribution in [-0.4, -0.2) is 26.9 Å². The van der Waals surface area contributed by atoms with Crippen LogP contribution in [0.5, 0.6) is 0 Å². The molecule has 0 aliphatic carbocycles. The zero-order chi connectivity index (χ0) is 22.1. The topological polar surface area (TPSA) is 80.8 Å². The molecule has 31 heavy (non-hydrogen) atoms. The van der Waals surface area contributed by atoms with Crippen LogP contribution < -0.4 is 5.56 Å². The van der Waals surface area contributed by atoms with Gasteiger partial charge in [0.1, 0.15) is 17.2 Å². The first-order valence-electron chi connectivity index (χ1n) is 9.19. The second-order valence-electron chi connectivity index (χ2n) is 6.48. The van der Waals surface area contributed by atoms with Gasteiger partial charge < -0.3 is 9.72 Å². The first-order chi connectivity index (χ1) is 14.9. The fourth-order valence-corrected chi connectivity index (χ4v) is 3.21. The molecule has 0 bridgehead atoms. The lowest BCUT2D eigenvalue weighted by molar-refractivity contribution is 0.0523. The van der Waals surface area contributed by atoms with Gasteiger partial charge in [-0.15, -0.1) is 0 Å². The minimum absolute atomic E-state index is 0.0375. The van der Waals surface area contributed by atoms with Crippen LogP contribution in [0.25, 0.3) is 33.1 Å². The van der Waals surface area contributed by atoms with E-state index in [-0.39, 0.29) is 34.9 Å². The van der Waals surface area contributed by atoms with E-state index in [0.29, 0.717) is 17.3 Å². The number of hydrogen-bond donors (Lipinski definition) is 1. The Morgan fingerprint density at radius 2 is 1.97 bits per heavy atom. The molecule has 0 radical (unpaired) electrons. The van der Waals surface area contributed by atoms with Crippen LogP contribution in [0.2, 0.25) is 0 Å². The van der Waals surface area contributed by atoms with Crippen molar-refractivity contribution in [1.82, 2.24) is 14.4 Å². The fourth-order valence-electron chi connectivity index (χ4n) is 3.21. The number of hydrogen-bond acceptors (Lipinski definition) is 4. The summed E-state index contributed by atoms with van der Waals surface area (Å²) >= 11 is 0. The van der Waals surface area contributed by atoms with Crippen molar-refractivity contribution >= 4 is 17.4 Å². The largest absolute Gasteiger partial charge is 0.462 e. The second-order valence-corrected chi connectivity index (χ2v) is 6.48. The van der Waals surface area contributed by atoms with Crippen LogP contribution in [0.1, 0.15) is 17.3 Å². The average molecular weight is 420 g/mol. The van der Waals surface area contributed by atoms with Crippen LogP contribution in [0, 0.1) is 18.2 Å². The molecule has 1 N–H and O–H groups in total. The third-order valence-corrected chi connectivity index (χ3v) is 4.61. The second kappa shape index (κ2) is 7.84. The zero-order valence-electron chi connectivity index (χ0n) is 16.1. The van der Waals surface area contributed by atoms with E-state index in [9.17, 15) is 18.4 Å². The molecule has 2 aromatic heterocycles. The number of fused-ring (bicyclic) bond motifs is 1. The summed E-state index contributed by atoms with van der Waals surface area (Å²) < 4.78 is 34.2. The smallest absolute Gasteiger partial charge is 0.345 e. The number of esters is 1. The van der Waals surface area contributed by atoms with E-state index in [0.717, 1.165) is 10.5 Å². The molecule has 4 rings (SSSR count). The predicted octanol–water partition coefficient (Wildman–Crippen LogP) is 4.36. The number of ether oxygens (including phenoxy) is 1. The van der Waals surface area contributed by atoms with Gasteiger partial charge in [-0.25, -0.2) is 27.8 Å². The van der Waals surface area contributed by atoms with Crippen molar-refractivity contribution in [3.63, 3.8) is 0 Å². The molecule has 0 aliphatic rings. The molecule has 154 valence electrons. The number of benzene rings is 2. The molecule has 2 aromatic carbocycles. The summed E-state index contributed by atoms with van der Waals surface area (Å²) in [5.41, 5.74) is 0.0208. The van der Waals surface area contributed by atoms with Crippen molar-refractivity contribution in [3.8, 4) is 22.5 Å². The number of imidazole rings is 1. The van der Waals surface area contributed by atoms with Gasteiger partial charge in [-0.1, -0.05) is 24.3 Å². The van der Waals surface area contributed by atoms with Crippen LogP contribution in [0.15, 0.2) is 53.5 Å². The first-order valence-corrected chi connectivity index (χ1v) is 9.19. The molecule has 2 heterocycles. The Hall–Kier alpha value is -4.32. The van der Waals surface area contributed by atoms with Gasteiger partial charge in [-0.2, -0.15) is 0 Å². The molecule has 4 aromatic rings. The van der Waals surface area contributed by atoms with Gasteiger partial charge in [-0.3, -0.25) is 4.79 Å². The predicted molar refractivity (Wildman–Crippen MR) is 109 cm³/mol. The molecule has 9 heteroatoms. The number of nitrogens with zero attached hydrogens (tertiary/aromatic N) is 3. The number of halogens is 2. The van der Waals surface area contributed by atoms with Crippen molar-refractivity contribution in [3.05, 3.63) is 87.6 Å². The highest BCUT2D eigenvalue weighted by Gasteiger charge is 2.24. The summed E-state index contributed by atoms with van der Waals surface area (Å²) in [5, 5.41) is 0. The number of aromatic amines is 1. The molecular weight excluding hydrogens is 406 g/mol. The Kier molecular flexibility index (Phi) is 5.05. The molecule has 0 aliphatic heterocycles. The SMILES string of the molecule is [C-]#[N+]c1ccc(-c2nc3[nH]cc(C(=O)OCC)c(=O)n3c2-c2ccc(F)cc2F)cc1. The van der Waals surface area contributed by atoms with Crippen molar-refractivity contribution in [1.29, 1.82) is 0 Å². The first kappa shape index (κ1) is 20.0. The fraction of sp³-hybridized carbons (Fsp3) is 0.0909. The van der Waals surface area contributed by atoms with Gasteiger partial charge in [0.25, 0.3) is 5.56 Å². The number of carbonyl (C=O) groups is 1. The Balaban J connectivity index is 2.07. The monoisotopic (exact) mass is 420 g/mol. The minimum Gasteiger partial charge on any atom is -0.462 e. The molecule has 0 saturated carbocycles. The van der Waals surface area contributed by atoms with E-state index in [2.05, 4.69) is 14.8 Å². The van der Waals surface area contributed by atoms with Gasteiger partial charge >= 0.3 is 5.97 Å². The number of H-pyrrole nitrogens is 1. The summed E-state index contributed by atoms with van der Waals surface area (Å²) in [6, 6.07) is 9.29. The summed E-state index contributed by atoms with van der Waals surface area (Å²) in [7, 11) is 0. The maximum atomic E-state index is 14.7. The van der Waals surface area contributed by atoms with Crippen molar-refractivity contribution in [2.24, 2.45) is 0 Å². The molecule has 0 spiro atoms. The van der Waals surface area contributed by atoms with E-state index in [1.165, 1.54) is 12.3 Å². The third kappa shape index (κ3) is 3.44. The Bertz CT molecular complexity index is 1420. The highest BCUT2D eigenvalue weighted by molar-refractivity contribution is 5.89. The van der Waals surface area contributed by atoms with Gasteiger partial charge in [0.05, 0.1) is 24.6 Å². The van der Waals surface area contributed by atoms with E-state index >= 15 is 0 Å².